The molecule has 0 bridgehead atoms. The number of likely N-dealkylation sites (tertiary alicyclic amines) is 1. The summed E-state index contributed by atoms with van der Waals surface area (Å²) in [5.41, 5.74) is 3.63. The largest absolute Gasteiger partial charge is 0.444 e. The number of hydrogen-bond acceptors (Lipinski definition) is 4. The number of carbonyl (C=O) groups is 1. The molecule has 1 amide bonds. The van der Waals surface area contributed by atoms with Crippen LogP contribution in [0.1, 0.15) is 67.2 Å². The third kappa shape index (κ3) is 4.49. The van der Waals surface area contributed by atoms with Gasteiger partial charge in [0.1, 0.15) is 5.60 Å². The van der Waals surface area contributed by atoms with Crippen LogP contribution in [0.5, 0.6) is 0 Å². The van der Waals surface area contributed by atoms with E-state index >= 15 is 0 Å². The first-order valence-corrected chi connectivity index (χ1v) is 11.0. The normalized spacial score (nSPS) is 27.0. The van der Waals surface area contributed by atoms with Gasteiger partial charge in [-0.3, -0.25) is 0 Å². The molecule has 5 nitrogen and oxygen atoms in total. The van der Waals surface area contributed by atoms with Crippen molar-refractivity contribution in [1.29, 1.82) is 0 Å². The van der Waals surface area contributed by atoms with E-state index in [1.54, 1.807) is 0 Å². The number of nitrogens with one attached hydrogen (secondary N) is 1. The molecule has 0 unspecified atom stereocenters. The van der Waals surface area contributed by atoms with Gasteiger partial charge in [-0.25, -0.2) is 4.79 Å². The average Bonchev–Trinajstić information content (AvgIpc) is 2.60. The zero-order valence-electron chi connectivity index (χ0n) is 18.7. The summed E-state index contributed by atoms with van der Waals surface area (Å²) in [7, 11) is 0. The van der Waals surface area contributed by atoms with Crippen LogP contribution in [-0.2, 0) is 4.74 Å². The quantitative estimate of drug-likeness (QED) is 0.754. The number of piperidine rings is 1. The van der Waals surface area contributed by atoms with Crippen LogP contribution < -0.4 is 5.32 Å². The maximum Gasteiger partial charge on any atom is 0.410 e. The van der Waals surface area contributed by atoms with Crippen LogP contribution in [0.2, 0.25) is 0 Å². The van der Waals surface area contributed by atoms with Crippen LogP contribution >= 0.6 is 0 Å². The van der Waals surface area contributed by atoms with Crippen molar-refractivity contribution in [3.05, 3.63) is 23.5 Å². The molecular formula is C23H39N3O2. The maximum absolute atomic E-state index is 12.3. The number of carbonyl (C=O) groups excluding carboxylic acids is 1. The van der Waals surface area contributed by atoms with E-state index in [-0.39, 0.29) is 6.09 Å². The highest BCUT2D eigenvalue weighted by Gasteiger charge is 2.36. The lowest BCUT2D eigenvalue weighted by Crippen LogP contribution is -2.50. The van der Waals surface area contributed by atoms with Gasteiger partial charge in [-0.05, 0) is 64.4 Å². The Hall–Kier alpha value is -1.65. The molecule has 5 heteroatoms. The van der Waals surface area contributed by atoms with Crippen LogP contribution in [0.15, 0.2) is 23.5 Å². The Balaban J connectivity index is 1.61. The lowest BCUT2D eigenvalue weighted by molar-refractivity contribution is 0.0159. The highest BCUT2D eigenvalue weighted by Crippen LogP contribution is 2.39. The fourth-order valence-corrected chi connectivity index (χ4v) is 4.96. The van der Waals surface area contributed by atoms with Gasteiger partial charge in [0.2, 0.25) is 0 Å². The van der Waals surface area contributed by atoms with Crippen molar-refractivity contribution in [2.24, 2.45) is 11.8 Å². The molecule has 1 saturated heterocycles. The Bertz CT molecular complexity index is 639. The van der Waals surface area contributed by atoms with E-state index in [2.05, 4.69) is 37.6 Å². The van der Waals surface area contributed by atoms with E-state index in [1.165, 1.54) is 17.0 Å². The minimum absolute atomic E-state index is 0.182. The van der Waals surface area contributed by atoms with Crippen LogP contribution in [0.3, 0.4) is 0 Å². The van der Waals surface area contributed by atoms with E-state index < -0.39 is 5.60 Å². The molecule has 0 saturated carbocycles. The highest BCUT2D eigenvalue weighted by atomic mass is 16.6. The standard InChI is InChI=1S/C23H39N3O2/c1-15(2)19-14-20-17(4)26(13-10-21(20)24-16(19)3)18-8-11-25(12-9-18)22(27)28-23(5,6)7/h15-16,18-19,24H,4,8-14H2,1-3,5-7H3/t16-,19+/m0/s1. The number of allylic oxidation sites excluding steroid dienone is 1. The number of hydrogen-bond donors (Lipinski definition) is 1. The molecule has 2 atom stereocenters. The first-order chi connectivity index (χ1) is 13.1. The third-order valence-corrected chi connectivity index (χ3v) is 6.56. The molecule has 0 aliphatic carbocycles. The summed E-state index contributed by atoms with van der Waals surface area (Å²) >= 11 is 0. The number of nitrogens with zero attached hydrogens (tertiary/aromatic N) is 2. The van der Waals surface area contributed by atoms with Gasteiger partial charge in [0.15, 0.2) is 0 Å². The molecular weight excluding hydrogens is 350 g/mol. The zero-order chi connectivity index (χ0) is 20.6. The number of rotatable bonds is 2. The molecule has 0 aromatic rings. The molecule has 0 aromatic heterocycles. The molecule has 1 N–H and O–H groups in total. The molecule has 3 heterocycles. The molecule has 158 valence electrons. The molecule has 0 radical (unpaired) electrons. The Morgan fingerprint density at radius 1 is 1.21 bits per heavy atom. The van der Waals surface area contributed by atoms with E-state index in [9.17, 15) is 4.79 Å². The summed E-state index contributed by atoms with van der Waals surface area (Å²) in [5, 5.41) is 3.77. The first kappa shape index (κ1) is 21.1. The number of amides is 1. The predicted molar refractivity (Wildman–Crippen MR) is 114 cm³/mol. The second kappa shape index (κ2) is 8.00. The lowest BCUT2D eigenvalue weighted by Gasteiger charge is -2.47. The molecule has 1 fully saturated rings. The van der Waals surface area contributed by atoms with Crippen molar-refractivity contribution in [2.45, 2.75) is 84.9 Å². The molecule has 3 rings (SSSR count). The summed E-state index contributed by atoms with van der Waals surface area (Å²) in [5.74, 6) is 1.32. The van der Waals surface area contributed by atoms with Gasteiger partial charge in [0.05, 0.1) is 0 Å². The Labute approximate surface area is 171 Å². The van der Waals surface area contributed by atoms with Gasteiger partial charge in [0.25, 0.3) is 0 Å². The van der Waals surface area contributed by atoms with Gasteiger partial charge in [-0.15, -0.1) is 0 Å². The average molecular weight is 390 g/mol. The maximum atomic E-state index is 12.3. The van der Waals surface area contributed by atoms with Crippen LogP contribution in [0, 0.1) is 11.8 Å². The van der Waals surface area contributed by atoms with Crippen molar-refractivity contribution < 1.29 is 9.53 Å². The fourth-order valence-electron chi connectivity index (χ4n) is 4.96. The zero-order valence-corrected chi connectivity index (χ0v) is 18.7. The van der Waals surface area contributed by atoms with E-state index in [4.69, 9.17) is 4.74 Å². The van der Waals surface area contributed by atoms with Crippen molar-refractivity contribution >= 4 is 6.09 Å². The number of ether oxygens (including phenoxy) is 1. The summed E-state index contributed by atoms with van der Waals surface area (Å²) in [6.07, 6.45) is 4.00. The molecule has 0 aromatic carbocycles. The van der Waals surface area contributed by atoms with Gasteiger partial charge < -0.3 is 19.9 Å². The van der Waals surface area contributed by atoms with Gasteiger partial charge in [-0.1, -0.05) is 20.4 Å². The summed E-state index contributed by atoms with van der Waals surface area (Å²) in [4.78, 5) is 16.7. The SMILES string of the molecule is C=C1C2=C(CCN1C1CCN(C(=O)OC(C)(C)C)CC1)N[C@@H](C)[C@@H](C(C)C)C2. The topological polar surface area (TPSA) is 44.8 Å². The van der Waals surface area contributed by atoms with Crippen molar-refractivity contribution in [2.75, 3.05) is 19.6 Å². The first-order valence-electron chi connectivity index (χ1n) is 11.0. The van der Waals surface area contributed by atoms with Gasteiger partial charge in [0, 0.05) is 49.5 Å². The Morgan fingerprint density at radius 2 is 1.86 bits per heavy atom. The van der Waals surface area contributed by atoms with Gasteiger partial charge >= 0.3 is 6.09 Å². The predicted octanol–water partition coefficient (Wildman–Crippen LogP) is 4.51. The minimum atomic E-state index is -0.434. The summed E-state index contributed by atoms with van der Waals surface area (Å²) in [6.45, 7) is 19.8. The second-order valence-electron chi connectivity index (χ2n) is 10.1. The van der Waals surface area contributed by atoms with Crippen molar-refractivity contribution in [1.82, 2.24) is 15.1 Å². The second-order valence-corrected chi connectivity index (χ2v) is 10.1. The van der Waals surface area contributed by atoms with Gasteiger partial charge in [-0.2, -0.15) is 0 Å². The summed E-state index contributed by atoms with van der Waals surface area (Å²) in [6, 6.07) is 1.01. The third-order valence-electron chi connectivity index (χ3n) is 6.56. The van der Waals surface area contributed by atoms with Crippen LogP contribution in [-0.4, -0.2) is 53.2 Å². The van der Waals surface area contributed by atoms with E-state index in [0.29, 0.717) is 23.9 Å². The van der Waals surface area contributed by atoms with Crippen LogP contribution in [0.4, 0.5) is 4.79 Å². The molecule has 28 heavy (non-hydrogen) atoms. The lowest BCUT2D eigenvalue weighted by atomic mass is 9.78. The minimum Gasteiger partial charge on any atom is -0.444 e. The molecule has 0 spiro atoms. The fraction of sp³-hybridized carbons (Fsp3) is 0.783. The Morgan fingerprint density at radius 3 is 2.43 bits per heavy atom. The summed E-state index contributed by atoms with van der Waals surface area (Å²) < 4.78 is 5.53. The molecule has 3 aliphatic heterocycles. The monoisotopic (exact) mass is 389 g/mol. The van der Waals surface area contributed by atoms with Crippen LogP contribution in [0.25, 0.3) is 0 Å². The molecule has 3 aliphatic rings. The smallest absolute Gasteiger partial charge is 0.410 e. The van der Waals surface area contributed by atoms with Crippen molar-refractivity contribution in [3.63, 3.8) is 0 Å². The Kier molecular flexibility index (Phi) is 6.02. The van der Waals surface area contributed by atoms with Crippen molar-refractivity contribution in [3.8, 4) is 0 Å². The van der Waals surface area contributed by atoms with E-state index in [1.807, 2.05) is 25.7 Å². The van der Waals surface area contributed by atoms with E-state index in [0.717, 1.165) is 45.3 Å². The highest BCUT2D eigenvalue weighted by molar-refractivity contribution is 5.68.